The van der Waals surface area contributed by atoms with Gasteiger partial charge in [-0.25, -0.2) is 4.79 Å². The molecule has 0 aromatic rings. The van der Waals surface area contributed by atoms with Gasteiger partial charge in [-0.3, -0.25) is 4.79 Å². The topological polar surface area (TPSA) is 75.6 Å². The highest BCUT2D eigenvalue weighted by Gasteiger charge is 2.36. The second kappa shape index (κ2) is 9.13. The lowest BCUT2D eigenvalue weighted by atomic mass is 9.69. The zero-order valence-corrected chi connectivity index (χ0v) is 14.3. The first-order valence-corrected chi connectivity index (χ1v) is 8.44. The first kappa shape index (κ1) is 18.9. The molecule has 5 nitrogen and oxygen atoms in total. The van der Waals surface area contributed by atoms with Crippen LogP contribution in [0.2, 0.25) is 0 Å². The van der Waals surface area contributed by atoms with Gasteiger partial charge < -0.3 is 15.2 Å². The summed E-state index contributed by atoms with van der Waals surface area (Å²) >= 11 is 0. The monoisotopic (exact) mass is 313 g/mol. The molecule has 4 atom stereocenters. The number of carbonyl (C=O) groups excluding carboxylic acids is 2. The molecular weight excluding hydrogens is 282 g/mol. The molecular formula is C17H31NO4. The van der Waals surface area contributed by atoms with Crippen LogP contribution in [0.5, 0.6) is 0 Å². The third-order valence-electron chi connectivity index (χ3n) is 4.62. The lowest BCUT2D eigenvalue weighted by Crippen LogP contribution is -2.46. The highest BCUT2D eigenvalue weighted by molar-refractivity contribution is 5.85. The zero-order valence-electron chi connectivity index (χ0n) is 14.3. The predicted octanol–water partition coefficient (Wildman–Crippen LogP) is 2.13. The second-order valence-corrected chi connectivity index (χ2v) is 6.91. The summed E-state index contributed by atoms with van der Waals surface area (Å²) in [5.41, 5.74) is 0. The van der Waals surface area contributed by atoms with Crippen molar-refractivity contribution >= 4 is 11.9 Å². The van der Waals surface area contributed by atoms with E-state index in [1.165, 1.54) is 6.42 Å². The number of hydrogen-bond donors (Lipinski definition) is 2. The second-order valence-electron chi connectivity index (χ2n) is 6.91. The minimum atomic E-state index is -0.642. The number of aliphatic hydroxyl groups excluding tert-OH is 1. The molecule has 0 spiro atoms. The number of hydrogen-bond acceptors (Lipinski definition) is 4. The van der Waals surface area contributed by atoms with Gasteiger partial charge in [-0.05, 0) is 37.5 Å². The van der Waals surface area contributed by atoms with E-state index < -0.39 is 12.0 Å². The molecule has 0 aliphatic heterocycles. The molecule has 1 saturated carbocycles. The minimum Gasteiger partial charge on any atom is -0.464 e. The summed E-state index contributed by atoms with van der Waals surface area (Å²) in [5, 5.41) is 11.5. The summed E-state index contributed by atoms with van der Waals surface area (Å²) in [5.74, 6) is 0.918. The normalized spacial score (nSPS) is 26.5. The molecule has 1 amide bonds. The Kier molecular flexibility index (Phi) is 7.87. The van der Waals surface area contributed by atoms with Crippen LogP contribution in [0.3, 0.4) is 0 Å². The smallest absolute Gasteiger partial charge is 0.328 e. The fourth-order valence-electron chi connectivity index (χ4n) is 3.25. The van der Waals surface area contributed by atoms with Crippen LogP contribution in [0.1, 0.15) is 53.4 Å². The molecule has 1 rings (SSSR count). The lowest BCUT2D eigenvalue weighted by molar-refractivity contribution is -0.148. The molecule has 5 heteroatoms. The highest BCUT2D eigenvalue weighted by Crippen LogP contribution is 2.38. The Balaban J connectivity index is 2.55. The van der Waals surface area contributed by atoms with Gasteiger partial charge in [-0.2, -0.15) is 0 Å². The largest absolute Gasteiger partial charge is 0.464 e. The molecule has 0 heterocycles. The van der Waals surface area contributed by atoms with Crippen molar-refractivity contribution < 1.29 is 19.4 Å². The summed E-state index contributed by atoms with van der Waals surface area (Å²) in [6, 6.07) is -0.642. The summed E-state index contributed by atoms with van der Waals surface area (Å²) in [6.07, 6.45) is 3.56. The van der Waals surface area contributed by atoms with E-state index in [0.717, 1.165) is 12.8 Å². The number of ether oxygens (including phenoxy) is 1. The van der Waals surface area contributed by atoms with Gasteiger partial charge in [0.25, 0.3) is 0 Å². The van der Waals surface area contributed by atoms with Crippen LogP contribution in [0.15, 0.2) is 0 Å². The molecule has 1 aliphatic carbocycles. The SMILES string of the molecule is CC1CCC(C(C)C)C(C(=O)N[C@H](C)C(=O)OCCCO)C1. The Labute approximate surface area is 133 Å². The molecule has 3 unspecified atom stereocenters. The molecule has 22 heavy (non-hydrogen) atoms. The third kappa shape index (κ3) is 5.59. The van der Waals surface area contributed by atoms with Crippen molar-refractivity contribution in [2.75, 3.05) is 13.2 Å². The number of nitrogens with one attached hydrogen (secondary N) is 1. The fraction of sp³-hybridized carbons (Fsp3) is 0.882. The standard InChI is InChI=1S/C17H31NO4/c1-11(2)14-7-6-12(3)10-15(14)16(20)18-13(4)17(21)22-9-5-8-19/h11-15,19H,5-10H2,1-4H3,(H,18,20)/t12?,13-,14?,15?/m1/s1. The van der Waals surface area contributed by atoms with Crippen molar-refractivity contribution in [3.63, 3.8) is 0 Å². The number of aliphatic hydroxyl groups is 1. The van der Waals surface area contributed by atoms with E-state index in [2.05, 4.69) is 26.1 Å². The van der Waals surface area contributed by atoms with Crippen molar-refractivity contribution in [1.82, 2.24) is 5.32 Å². The van der Waals surface area contributed by atoms with Gasteiger partial charge in [-0.15, -0.1) is 0 Å². The Bertz CT molecular complexity index is 370. The number of amides is 1. The van der Waals surface area contributed by atoms with Crippen LogP contribution in [0.4, 0.5) is 0 Å². The molecule has 128 valence electrons. The molecule has 2 N–H and O–H groups in total. The van der Waals surface area contributed by atoms with Gasteiger partial charge in [0.2, 0.25) is 5.91 Å². The van der Waals surface area contributed by atoms with Crippen LogP contribution in [-0.2, 0) is 14.3 Å². The first-order valence-electron chi connectivity index (χ1n) is 8.44. The molecule has 1 fully saturated rings. The van der Waals surface area contributed by atoms with Crippen molar-refractivity contribution in [3.05, 3.63) is 0 Å². The Morgan fingerprint density at radius 2 is 1.95 bits per heavy atom. The van der Waals surface area contributed by atoms with Gasteiger partial charge in [0, 0.05) is 18.9 Å². The number of rotatable bonds is 7. The Morgan fingerprint density at radius 1 is 1.27 bits per heavy atom. The van der Waals surface area contributed by atoms with E-state index in [0.29, 0.717) is 24.2 Å². The number of esters is 1. The predicted molar refractivity (Wildman–Crippen MR) is 85.1 cm³/mol. The number of carbonyl (C=O) groups is 2. The molecule has 0 saturated heterocycles. The van der Waals surface area contributed by atoms with E-state index in [9.17, 15) is 9.59 Å². The van der Waals surface area contributed by atoms with Crippen molar-refractivity contribution in [1.29, 1.82) is 0 Å². The maximum atomic E-state index is 12.5. The molecule has 0 bridgehead atoms. The maximum absolute atomic E-state index is 12.5. The average molecular weight is 313 g/mol. The molecule has 1 aliphatic rings. The minimum absolute atomic E-state index is 0.00987. The van der Waals surface area contributed by atoms with Gasteiger partial charge >= 0.3 is 5.97 Å². The van der Waals surface area contributed by atoms with Gasteiger partial charge in [-0.1, -0.05) is 27.2 Å². The van der Waals surface area contributed by atoms with Crippen LogP contribution >= 0.6 is 0 Å². The fourth-order valence-corrected chi connectivity index (χ4v) is 3.25. The van der Waals surface area contributed by atoms with Crippen LogP contribution in [0.25, 0.3) is 0 Å². The summed E-state index contributed by atoms with van der Waals surface area (Å²) in [6.45, 7) is 8.33. The van der Waals surface area contributed by atoms with Crippen LogP contribution in [-0.4, -0.2) is 36.2 Å². The summed E-state index contributed by atoms with van der Waals surface area (Å²) < 4.78 is 5.01. The van der Waals surface area contributed by atoms with E-state index in [-0.39, 0.29) is 25.0 Å². The Hall–Kier alpha value is -1.10. The zero-order chi connectivity index (χ0) is 16.7. The van der Waals surface area contributed by atoms with Gasteiger partial charge in [0.05, 0.1) is 6.61 Å². The first-order chi connectivity index (χ1) is 10.4. The quantitative estimate of drug-likeness (QED) is 0.557. The van der Waals surface area contributed by atoms with Crippen LogP contribution < -0.4 is 5.32 Å². The van der Waals surface area contributed by atoms with Gasteiger partial charge in [0.1, 0.15) is 6.04 Å². The van der Waals surface area contributed by atoms with Gasteiger partial charge in [0.15, 0.2) is 0 Å². The third-order valence-corrected chi connectivity index (χ3v) is 4.62. The van der Waals surface area contributed by atoms with E-state index in [1.807, 2.05) is 0 Å². The van der Waals surface area contributed by atoms with E-state index in [1.54, 1.807) is 6.92 Å². The van der Waals surface area contributed by atoms with E-state index in [4.69, 9.17) is 9.84 Å². The Morgan fingerprint density at radius 3 is 2.55 bits per heavy atom. The van der Waals surface area contributed by atoms with Crippen molar-refractivity contribution in [2.45, 2.75) is 59.4 Å². The lowest BCUT2D eigenvalue weighted by Gasteiger charge is -2.36. The highest BCUT2D eigenvalue weighted by atomic mass is 16.5. The van der Waals surface area contributed by atoms with Crippen LogP contribution in [0, 0.1) is 23.7 Å². The van der Waals surface area contributed by atoms with E-state index >= 15 is 0 Å². The molecule has 0 aromatic carbocycles. The average Bonchev–Trinajstić information content (AvgIpc) is 2.46. The molecule has 0 radical (unpaired) electrons. The van der Waals surface area contributed by atoms with Crippen molar-refractivity contribution in [2.24, 2.45) is 23.7 Å². The van der Waals surface area contributed by atoms with Crippen molar-refractivity contribution in [3.8, 4) is 0 Å². The maximum Gasteiger partial charge on any atom is 0.328 e. The summed E-state index contributed by atoms with van der Waals surface area (Å²) in [4.78, 5) is 24.3. The molecule has 0 aromatic heterocycles. The summed E-state index contributed by atoms with van der Waals surface area (Å²) in [7, 11) is 0.